The second-order valence-corrected chi connectivity index (χ2v) is 9.89. The van der Waals surface area contributed by atoms with Crippen LogP contribution >= 0.6 is 0 Å². The molecule has 1 aromatic heterocycles. The van der Waals surface area contributed by atoms with Crippen LogP contribution in [-0.2, 0) is 4.79 Å². The Morgan fingerprint density at radius 1 is 1.14 bits per heavy atom. The Labute approximate surface area is 217 Å². The number of aliphatic hydroxyl groups is 1. The van der Waals surface area contributed by atoms with Crippen molar-refractivity contribution in [3.8, 4) is 11.5 Å². The number of fused-ring (bicyclic) bond motifs is 1. The van der Waals surface area contributed by atoms with Gasteiger partial charge in [0.25, 0.3) is 5.91 Å². The number of carbonyl (C=O) groups is 2. The molecule has 1 aliphatic rings. The first-order valence-electron chi connectivity index (χ1n) is 12.4. The van der Waals surface area contributed by atoms with E-state index in [-0.39, 0.29) is 11.3 Å². The number of aliphatic hydroxyl groups excluding tert-OH is 1. The Balaban J connectivity index is 1.74. The molecule has 2 heterocycles. The number of nitrogens with zero attached hydrogens (tertiary/aromatic N) is 2. The Kier molecular flexibility index (Phi) is 7.88. The molecular weight excluding hydrogens is 472 g/mol. The van der Waals surface area contributed by atoms with E-state index in [0.717, 1.165) is 11.8 Å². The van der Waals surface area contributed by atoms with E-state index in [2.05, 4.69) is 13.8 Å². The summed E-state index contributed by atoms with van der Waals surface area (Å²) in [5.74, 6) is -0.0585. The Bertz CT molecular complexity index is 1290. The first-order chi connectivity index (χ1) is 17.7. The van der Waals surface area contributed by atoms with E-state index in [1.807, 2.05) is 37.2 Å². The molecule has 8 heteroatoms. The molecule has 0 bridgehead atoms. The molecule has 4 rings (SSSR count). The number of furan rings is 1. The van der Waals surface area contributed by atoms with Gasteiger partial charge in [-0.3, -0.25) is 9.59 Å². The number of amides is 1. The SMILES string of the molecule is COc1cc([C@H]2C(C(=O)c3cc4ccccc4o3)=C(O)C(=O)N2CCN(C)C)ccc1OCCC(C)C. The number of methoxy groups -OCH3 is 1. The van der Waals surface area contributed by atoms with Gasteiger partial charge in [0.2, 0.25) is 5.78 Å². The van der Waals surface area contributed by atoms with Gasteiger partial charge in [-0.05, 0) is 56.3 Å². The molecule has 2 aromatic carbocycles. The fourth-order valence-corrected chi connectivity index (χ4v) is 4.38. The molecule has 3 aromatic rings. The minimum absolute atomic E-state index is 0.0154. The van der Waals surface area contributed by atoms with Gasteiger partial charge in [0.05, 0.1) is 25.3 Å². The van der Waals surface area contributed by atoms with Crippen molar-refractivity contribution in [3.05, 3.63) is 71.2 Å². The van der Waals surface area contributed by atoms with Crippen LogP contribution in [0.1, 0.15) is 42.4 Å². The highest BCUT2D eigenvalue weighted by Crippen LogP contribution is 2.42. The van der Waals surface area contributed by atoms with Crippen LogP contribution in [-0.4, -0.2) is 67.5 Å². The summed E-state index contributed by atoms with van der Waals surface area (Å²) in [6.45, 7) is 5.66. The van der Waals surface area contributed by atoms with Crippen LogP contribution in [0.3, 0.4) is 0 Å². The highest BCUT2D eigenvalue weighted by molar-refractivity contribution is 6.16. The Hall–Kier alpha value is -3.78. The predicted octanol–water partition coefficient (Wildman–Crippen LogP) is 5.01. The molecule has 196 valence electrons. The molecule has 0 fully saturated rings. The highest BCUT2D eigenvalue weighted by atomic mass is 16.5. The average molecular weight is 507 g/mol. The monoisotopic (exact) mass is 506 g/mol. The second-order valence-electron chi connectivity index (χ2n) is 9.89. The van der Waals surface area contributed by atoms with Gasteiger partial charge in [-0.1, -0.05) is 38.1 Å². The summed E-state index contributed by atoms with van der Waals surface area (Å²) in [5.41, 5.74) is 1.17. The maximum absolute atomic E-state index is 13.7. The van der Waals surface area contributed by atoms with E-state index >= 15 is 0 Å². The number of hydrogen-bond acceptors (Lipinski definition) is 7. The first-order valence-corrected chi connectivity index (χ1v) is 12.4. The number of rotatable bonds is 11. The molecule has 0 unspecified atom stereocenters. The molecule has 1 amide bonds. The Morgan fingerprint density at radius 2 is 1.89 bits per heavy atom. The molecule has 1 atom stereocenters. The first kappa shape index (κ1) is 26.3. The van der Waals surface area contributed by atoms with Gasteiger partial charge in [-0.25, -0.2) is 0 Å². The van der Waals surface area contributed by atoms with Crippen LogP contribution in [0.4, 0.5) is 0 Å². The van der Waals surface area contributed by atoms with Crippen LogP contribution < -0.4 is 9.47 Å². The smallest absolute Gasteiger partial charge is 0.290 e. The van der Waals surface area contributed by atoms with Gasteiger partial charge in [0.1, 0.15) is 5.58 Å². The van der Waals surface area contributed by atoms with Gasteiger partial charge in [0.15, 0.2) is 23.0 Å². The number of para-hydroxylation sites is 1. The summed E-state index contributed by atoms with van der Waals surface area (Å²) in [5, 5.41) is 11.7. The predicted molar refractivity (Wildman–Crippen MR) is 141 cm³/mol. The van der Waals surface area contributed by atoms with E-state index < -0.39 is 23.5 Å². The zero-order valence-electron chi connectivity index (χ0n) is 22.0. The van der Waals surface area contributed by atoms with Crippen molar-refractivity contribution in [3.63, 3.8) is 0 Å². The molecular formula is C29H34N2O6. The summed E-state index contributed by atoms with van der Waals surface area (Å²) in [7, 11) is 5.34. The standard InChI is InChI=1S/C29H34N2O6/c1-18(2)12-15-36-22-11-10-20(17-23(22)35-5)26-25(28(33)29(34)31(26)14-13-30(3)4)27(32)24-16-19-8-6-7-9-21(19)37-24/h6-11,16-18,26,33H,12-15H2,1-5H3/t26-/m0/s1. The maximum Gasteiger partial charge on any atom is 0.290 e. The van der Waals surface area contributed by atoms with Gasteiger partial charge in [-0.15, -0.1) is 0 Å². The number of carbonyl (C=O) groups excluding carboxylic acids is 2. The lowest BCUT2D eigenvalue weighted by atomic mass is 9.94. The normalized spacial score (nSPS) is 15.9. The van der Waals surface area contributed by atoms with Gasteiger partial charge in [-0.2, -0.15) is 0 Å². The molecule has 1 aliphatic heterocycles. The van der Waals surface area contributed by atoms with Crippen LogP contribution in [0, 0.1) is 5.92 Å². The maximum atomic E-state index is 13.7. The average Bonchev–Trinajstić information content (AvgIpc) is 3.41. The molecule has 0 saturated heterocycles. The third kappa shape index (κ3) is 5.49. The number of ether oxygens (including phenoxy) is 2. The van der Waals surface area contributed by atoms with E-state index in [1.54, 1.807) is 37.4 Å². The molecule has 0 aliphatic carbocycles. The number of benzene rings is 2. The lowest BCUT2D eigenvalue weighted by Crippen LogP contribution is -2.36. The minimum Gasteiger partial charge on any atom is -0.503 e. The summed E-state index contributed by atoms with van der Waals surface area (Å²) in [6.07, 6.45) is 0.896. The van der Waals surface area contributed by atoms with E-state index in [0.29, 0.717) is 48.3 Å². The largest absolute Gasteiger partial charge is 0.503 e. The molecule has 0 radical (unpaired) electrons. The summed E-state index contributed by atoms with van der Waals surface area (Å²) in [4.78, 5) is 30.4. The number of likely N-dealkylation sites (N-methyl/N-ethyl adjacent to an activating group) is 1. The fourth-order valence-electron chi connectivity index (χ4n) is 4.38. The number of ketones is 1. The van der Waals surface area contributed by atoms with Crippen LogP contribution in [0.15, 0.2) is 64.3 Å². The fraction of sp³-hybridized carbons (Fsp3) is 0.379. The van der Waals surface area contributed by atoms with Gasteiger partial charge in [0, 0.05) is 18.5 Å². The van der Waals surface area contributed by atoms with Crippen molar-refractivity contribution < 1.29 is 28.6 Å². The molecule has 8 nitrogen and oxygen atoms in total. The second kappa shape index (κ2) is 11.1. The van der Waals surface area contributed by atoms with Crippen molar-refractivity contribution in [2.45, 2.75) is 26.3 Å². The molecule has 1 N–H and O–H groups in total. The van der Waals surface area contributed by atoms with Crippen molar-refractivity contribution in [1.82, 2.24) is 9.80 Å². The zero-order chi connectivity index (χ0) is 26.7. The number of hydrogen-bond donors (Lipinski definition) is 1. The van der Waals surface area contributed by atoms with E-state index in [9.17, 15) is 14.7 Å². The van der Waals surface area contributed by atoms with Crippen molar-refractivity contribution in [2.24, 2.45) is 5.92 Å². The summed E-state index contributed by atoms with van der Waals surface area (Å²) >= 11 is 0. The molecule has 0 saturated carbocycles. The molecule has 37 heavy (non-hydrogen) atoms. The summed E-state index contributed by atoms with van der Waals surface area (Å²) < 4.78 is 17.3. The van der Waals surface area contributed by atoms with E-state index in [1.165, 1.54) is 4.90 Å². The number of Topliss-reactive ketones (excluding diaryl/α,β-unsaturated/α-hetero) is 1. The minimum atomic E-state index is -0.813. The van der Waals surface area contributed by atoms with Crippen molar-refractivity contribution in [1.29, 1.82) is 0 Å². The van der Waals surface area contributed by atoms with E-state index in [4.69, 9.17) is 13.9 Å². The van der Waals surface area contributed by atoms with Crippen LogP contribution in [0.25, 0.3) is 11.0 Å². The topological polar surface area (TPSA) is 92.5 Å². The van der Waals surface area contributed by atoms with Crippen molar-refractivity contribution in [2.75, 3.05) is 40.9 Å². The summed E-state index contributed by atoms with van der Waals surface area (Å²) in [6, 6.07) is 13.4. The Morgan fingerprint density at radius 3 is 2.57 bits per heavy atom. The quantitative estimate of drug-likeness (QED) is 0.366. The third-order valence-electron chi connectivity index (χ3n) is 6.44. The van der Waals surface area contributed by atoms with Gasteiger partial charge < -0.3 is 28.8 Å². The lowest BCUT2D eigenvalue weighted by molar-refractivity contribution is -0.129. The molecule has 0 spiro atoms. The zero-order valence-corrected chi connectivity index (χ0v) is 22.0. The third-order valence-corrected chi connectivity index (χ3v) is 6.44. The lowest BCUT2D eigenvalue weighted by Gasteiger charge is -2.28. The van der Waals surface area contributed by atoms with Gasteiger partial charge >= 0.3 is 0 Å². The van der Waals surface area contributed by atoms with Crippen molar-refractivity contribution >= 4 is 22.7 Å². The highest BCUT2D eigenvalue weighted by Gasteiger charge is 2.44. The van der Waals surface area contributed by atoms with Crippen LogP contribution in [0.2, 0.25) is 0 Å². The van der Waals surface area contributed by atoms with Crippen LogP contribution in [0.5, 0.6) is 11.5 Å².